The molecule has 0 aromatic heterocycles. The number of rotatable bonds is 56. The van der Waals surface area contributed by atoms with Crippen molar-refractivity contribution in [2.24, 2.45) is 0 Å². The highest BCUT2D eigenvalue weighted by molar-refractivity contribution is 5.71. The molecule has 0 fully saturated rings. The van der Waals surface area contributed by atoms with Crippen LogP contribution in [0.1, 0.15) is 303 Å². The summed E-state index contributed by atoms with van der Waals surface area (Å²) in [6.07, 6.45) is 80.3. The van der Waals surface area contributed by atoms with Crippen molar-refractivity contribution in [3.63, 3.8) is 0 Å². The molecule has 420 valence electrons. The highest BCUT2D eigenvalue weighted by Crippen LogP contribution is 2.15. The molecule has 0 spiro atoms. The van der Waals surface area contributed by atoms with Crippen molar-refractivity contribution in [2.45, 2.75) is 309 Å². The molecule has 0 saturated heterocycles. The molecular weight excluding hydrogens is 901 g/mol. The summed E-state index contributed by atoms with van der Waals surface area (Å²) in [5.41, 5.74) is 0. The quantitative estimate of drug-likeness (QED) is 0.0261. The molecule has 0 rings (SSSR count). The lowest BCUT2D eigenvalue weighted by Crippen LogP contribution is -2.30. The van der Waals surface area contributed by atoms with Crippen LogP contribution in [-0.2, 0) is 28.6 Å². The molecule has 0 saturated carbocycles. The van der Waals surface area contributed by atoms with Crippen molar-refractivity contribution < 1.29 is 28.6 Å². The molecule has 0 bridgehead atoms. The fourth-order valence-electron chi connectivity index (χ4n) is 8.65. The van der Waals surface area contributed by atoms with Gasteiger partial charge in [0.05, 0.1) is 0 Å². The Morgan fingerprint density at radius 1 is 0.274 bits per heavy atom. The maximum Gasteiger partial charge on any atom is 0.306 e. The van der Waals surface area contributed by atoms with Crippen LogP contribution >= 0.6 is 0 Å². The molecule has 0 unspecified atom stereocenters. The third-order valence-electron chi connectivity index (χ3n) is 13.3. The minimum atomic E-state index is -0.824. The molecule has 0 radical (unpaired) electrons. The molecule has 0 aliphatic heterocycles. The van der Waals surface area contributed by atoms with E-state index in [1.165, 1.54) is 193 Å². The average molecular weight is 1020 g/mol. The average Bonchev–Trinajstić information content (AvgIpc) is 3.39. The minimum absolute atomic E-state index is 0.112. The van der Waals surface area contributed by atoms with Gasteiger partial charge in [-0.1, -0.05) is 260 Å². The molecule has 73 heavy (non-hydrogen) atoms. The first-order chi connectivity index (χ1) is 36.0. The lowest BCUT2D eigenvalue weighted by molar-refractivity contribution is -0.167. The standard InChI is InChI=1S/C67H116O6/c1-4-7-10-13-16-19-22-25-28-31-32-33-34-37-39-42-45-48-51-54-57-60-66(69)72-63-64(73-67(70)61-58-55-52-49-46-43-40-36-30-27-24-21-18-15-12-9-6-3)62-71-65(68)59-56-53-50-47-44-41-38-35-29-26-23-20-17-14-11-8-5-2/h25-30,38,40-41,43,47,49-50,52,64H,4-24,31-37,39,42,44-46,48,51,53-63H2,1-3H3/b28-25-,29-26-,30-27-,41-38-,43-40-,50-47-,52-49-/t64-/m0/s1. The number of ether oxygens (including phenoxy) is 3. The molecular formula is C67H116O6. The van der Waals surface area contributed by atoms with Gasteiger partial charge in [-0.15, -0.1) is 0 Å². The maximum atomic E-state index is 12.9. The first-order valence-corrected chi connectivity index (χ1v) is 31.1. The first-order valence-electron chi connectivity index (χ1n) is 31.1. The smallest absolute Gasteiger partial charge is 0.306 e. The van der Waals surface area contributed by atoms with E-state index in [4.69, 9.17) is 14.2 Å². The summed E-state index contributed by atoms with van der Waals surface area (Å²) in [5, 5.41) is 0. The number of carbonyl (C=O) groups excluding carboxylic acids is 3. The summed E-state index contributed by atoms with van der Waals surface area (Å²) in [6, 6.07) is 0. The van der Waals surface area contributed by atoms with Crippen molar-refractivity contribution >= 4 is 17.9 Å². The zero-order valence-electron chi connectivity index (χ0n) is 48.1. The summed E-state index contributed by atoms with van der Waals surface area (Å²) >= 11 is 0. The number of esters is 3. The monoisotopic (exact) mass is 1020 g/mol. The van der Waals surface area contributed by atoms with Gasteiger partial charge < -0.3 is 14.2 Å². The molecule has 6 nitrogen and oxygen atoms in total. The van der Waals surface area contributed by atoms with E-state index in [0.717, 1.165) is 57.8 Å². The van der Waals surface area contributed by atoms with E-state index in [1.54, 1.807) is 0 Å². The molecule has 1 atom stereocenters. The Hall–Kier alpha value is -3.41. The molecule has 0 aromatic carbocycles. The fourth-order valence-corrected chi connectivity index (χ4v) is 8.65. The Labute approximate surface area is 452 Å². The molecule has 0 aromatic rings. The lowest BCUT2D eigenvalue weighted by Gasteiger charge is -2.18. The summed E-state index contributed by atoms with van der Waals surface area (Å²) in [5.74, 6) is -1.01. The molecule has 0 aliphatic carbocycles. The third-order valence-corrected chi connectivity index (χ3v) is 13.3. The normalized spacial score (nSPS) is 12.6. The fraction of sp³-hybridized carbons (Fsp3) is 0.746. The van der Waals surface area contributed by atoms with Crippen LogP contribution in [0.3, 0.4) is 0 Å². The zero-order chi connectivity index (χ0) is 52.9. The van der Waals surface area contributed by atoms with Crippen molar-refractivity contribution in [1.82, 2.24) is 0 Å². The number of hydrogen-bond acceptors (Lipinski definition) is 6. The predicted molar refractivity (Wildman–Crippen MR) is 316 cm³/mol. The van der Waals surface area contributed by atoms with E-state index >= 15 is 0 Å². The van der Waals surface area contributed by atoms with E-state index in [0.29, 0.717) is 19.3 Å². The van der Waals surface area contributed by atoms with Crippen LogP contribution in [0.2, 0.25) is 0 Å². The van der Waals surface area contributed by atoms with Gasteiger partial charge in [0.15, 0.2) is 6.10 Å². The van der Waals surface area contributed by atoms with E-state index in [9.17, 15) is 14.4 Å². The summed E-state index contributed by atoms with van der Waals surface area (Å²) in [4.78, 5) is 38.2. The predicted octanol–water partition coefficient (Wildman–Crippen LogP) is 21.1. The van der Waals surface area contributed by atoms with Crippen LogP contribution in [-0.4, -0.2) is 37.2 Å². The van der Waals surface area contributed by atoms with E-state index < -0.39 is 6.10 Å². The van der Waals surface area contributed by atoms with Gasteiger partial charge in [-0.05, 0) is 109 Å². The number of unbranched alkanes of at least 4 members (excludes halogenated alkanes) is 31. The van der Waals surface area contributed by atoms with Gasteiger partial charge in [-0.3, -0.25) is 14.4 Å². The first kappa shape index (κ1) is 69.6. The molecule has 0 aliphatic rings. The lowest BCUT2D eigenvalue weighted by atomic mass is 10.0. The van der Waals surface area contributed by atoms with Crippen LogP contribution in [0.15, 0.2) is 85.1 Å². The van der Waals surface area contributed by atoms with Crippen molar-refractivity contribution in [1.29, 1.82) is 0 Å². The van der Waals surface area contributed by atoms with Gasteiger partial charge in [0.1, 0.15) is 13.2 Å². The Kier molecular flexibility index (Phi) is 58.3. The topological polar surface area (TPSA) is 78.9 Å². The second-order valence-corrected chi connectivity index (χ2v) is 20.6. The maximum absolute atomic E-state index is 12.9. The highest BCUT2D eigenvalue weighted by Gasteiger charge is 2.19. The van der Waals surface area contributed by atoms with Gasteiger partial charge in [0.2, 0.25) is 0 Å². The zero-order valence-corrected chi connectivity index (χ0v) is 48.1. The number of hydrogen-bond donors (Lipinski definition) is 0. The summed E-state index contributed by atoms with van der Waals surface area (Å²) in [6.45, 7) is 6.56. The van der Waals surface area contributed by atoms with Crippen LogP contribution in [0.4, 0.5) is 0 Å². The molecule has 0 amide bonds. The van der Waals surface area contributed by atoms with E-state index in [2.05, 4.69) is 106 Å². The van der Waals surface area contributed by atoms with Gasteiger partial charge in [-0.2, -0.15) is 0 Å². The van der Waals surface area contributed by atoms with Crippen LogP contribution < -0.4 is 0 Å². The molecule has 0 heterocycles. The van der Waals surface area contributed by atoms with Gasteiger partial charge in [0, 0.05) is 19.3 Å². The van der Waals surface area contributed by atoms with Gasteiger partial charge >= 0.3 is 17.9 Å². The second kappa shape index (κ2) is 61.1. The van der Waals surface area contributed by atoms with Crippen molar-refractivity contribution in [2.75, 3.05) is 13.2 Å². The Bertz CT molecular complexity index is 1400. The Morgan fingerprint density at radius 2 is 0.507 bits per heavy atom. The van der Waals surface area contributed by atoms with Crippen LogP contribution in [0.25, 0.3) is 0 Å². The third kappa shape index (κ3) is 59.3. The highest BCUT2D eigenvalue weighted by atomic mass is 16.6. The number of allylic oxidation sites excluding steroid dienone is 14. The number of carbonyl (C=O) groups is 3. The second-order valence-electron chi connectivity index (χ2n) is 20.6. The Morgan fingerprint density at radius 3 is 0.836 bits per heavy atom. The van der Waals surface area contributed by atoms with Gasteiger partial charge in [-0.25, -0.2) is 0 Å². The minimum Gasteiger partial charge on any atom is -0.462 e. The van der Waals surface area contributed by atoms with E-state index in [1.807, 2.05) is 0 Å². The van der Waals surface area contributed by atoms with Crippen LogP contribution in [0, 0.1) is 0 Å². The molecule has 6 heteroatoms. The van der Waals surface area contributed by atoms with E-state index in [-0.39, 0.29) is 44.0 Å². The summed E-state index contributed by atoms with van der Waals surface area (Å²) in [7, 11) is 0. The largest absolute Gasteiger partial charge is 0.462 e. The summed E-state index contributed by atoms with van der Waals surface area (Å²) < 4.78 is 16.8. The SMILES string of the molecule is CCCCCCCC/C=C\C/C=C\C/C=C\CCCC(=O)OC[C@@H](COC(=O)CCCCCCCCCCCCC/C=C\CCCCCCCC)OC(=O)CCC/C=C\C/C=C\C/C=C\CCCCCCCC. The van der Waals surface area contributed by atoms with Crippen LogP contribution in [0.5, 0.6) is 0 Å². The van der Waals surface area contributed by atoms with Crippen molar-refractivity contribution in [3.8, 4) is 0 Å². The molecule has 0 N–H and O–H groups in total. The van der Waals surface area contributed by atoms with Crippen molar-refractivity contribution in [3.05, 3.63) is 85.1 Å². The Balaban J connectivity index is 4.48. The van der Waals surface area contributed by atoms with Gasteiger partial charge in [0.25, 0.3) is 0 Å².